The zero-order valence-corrected chi connectivity index (χ0v) is 11.8. The first kappa shape index (κ1) is 14.7. The summed E-state index contributed by atoms with van der Waals surface area (Å²) in [4.78, 5) is 18.3. The highest BCUT2D eigenvalue weighted by molar-refractivity contribution is 5.72. The van der Waals surface area contributed by atoms with Gasteiger partial charge < -0.3 is 10.2 Å². The van der Waals surface area contributed by atoms with Crippen LogP contribution in [-0.4, -0.2) is 35.5 Å². The number of likely N-dealkylation sites (tertiary alicyclic amines) is 1. The summed E-state index contributed by atoms with van der Waals surface area (Å²) in [5.41, 5.74) is 3.63. The van der Waals surface area contributed by atoms with Gasteiger partial charge in [-0.25, -0.2) is 10.8 Å². The summed E-state index contributed by atoms with van der Waals surface area (Å²) >= 11 is 0. The Hall–Kier alpha value is -1.66. The van der Waals surface area contributed by atoms with Crippen LogP contribution in [0.2, 0.25) is 0 Å². The Bertz CT molecular complexity index is 435. The summed E-state index contributed by atoms with van der Waals surface area (Å²) in [5, 5.41) is 0. The van der Waals surface area contributed by atoms with Crippen molar-refractivity contribution in [1.29, 1.82) is 0 Å². The smallest absolute Gasteiger partial charge is 0.310 e. The van der Waals surface area contributed by atoms with E-state index in [1.165, 1.54) is 0 Å². The molecule has 0 spiro atoms. The van der Waals surface area contributed by atoms with Gasteiger partial charge in [0.25, 0.3) is 0 Å². The van der Waals surface area contributed by atoms with E-state index in [1.807, 2.05) is 25.3 Å². The largest absolute Gasteiger partial charge is 0.466 e. The number of esters is 1. The Morgan fingerprint density at radius 2 is 2.45 bits per heavy atom. The summed E-state index contributed by atoms with van der Waals surface area (Å²) in [6, 6.07) is 3.85. The van der Waals surface area contributed by atoms with Crippen LogP contribution in [0.4, 0.5) is 5.82 Å². The number of piperidine rings is 1. The molecule has 1 fully saturated rings. The van der Waals surface area contributed by atoms with Crippen LogP contribution in [0.25, 0.3) is 0 Å². The lowest BCUT2D eigenvalue weighted by Gasteiger charge is -2.31. The minimum atomic E-state index is -0.0713. The average Bonchev–Trinajstić information content (AvgIpc) is 2.48. The molecule has 20 heavy (non-hydrogen) atoms. The van der Waals surface area contributed by atoms with E-state index in [0.29, 0.717) is 12.4 Å². The number of rotatable bonds is 5. The first-order valence-electron chi connectivity index (χ1n) is 7.03. The van der Waals surface area contributed by atoms with Crippen LogP contribution < -0.4 is 11.3 Å². The average molecular weight is 278 g/mol. The number of nitrogen functional groups attached to an aromatic ring is 1. The third-order valence-electron chi connectivity index (χ3n) is 3.50. The van der Waals surface area contributed by atoms with Gasteiger partial charge in [0, 0.05) is 19.3 Å². The van der Waals surface area contributed by atoms with Gasteiger partial charge in [0.1, 0.15) is 5.82 Å². The summed E-state index contributed by atoms with van der Waals surface area (Å²) in [7, 11) is 0. The molecule has 0 aliphatic carbocycles. The molecule has 2 heterocycles. The Balaban J connectivity index is 1.90. The fourth-order valence-electron chi connectivity index (χ4n) is 2.51. The Labute approximate surface area is 119 Å². The topological polar surface area (TPSA) is 80.5 Å². The lowest BCUT2D eigenvalue weighted by atomic mass is 9.98. The molecule has 1 saturated heterocycles. The van der Waals surface area contributed by atoms with E-state index in [2.05, 4.69) is 15.3 Å². The number of hydrogen-bond donors (Lipinski definition) is 2. The number of anilines is 1. The molecule has 1 unspecified atom stereocenters. The quantitative estimate of drug-likeness (QED) is 0.477. The second kappa shape index (κ2) is 7.21. The lowest BCUT2D eigenvalue weighted by Crippen LogP contribution is -2.38. The summed E-state index contributed by atoms with van der Waals surface area (Å²) in [5.74, 6) is 5.87. The van der Waals surface area contributed by atoms with Crippen LogP contribution in [0, 0.1) is 5.92 Å². The SMILES string of the molecule is CCOC(=O)C1CCCN(Cc2ccc(NN)nc2)C1. The van der Waals surface area contributed by atoms with Gasteiger partial charge in [0.2, 0.25) is 0 Å². The molecule has 3 N–H and O–H groups in total. The molecule has 110 valence electrons. The number of carbonyl (C=O) groups excluding carboxylic acids is 1. The van der Waals surface area contributed by atoms with Crippen molar-refractivity contribution in [2.45, 2.75) is 26.3 Å². The highest BCUT2D eigenvalue weighted by Gasteiger charge is 2.26. The van der Waals surface area contributed by atoms with Gasteiger partial charge >= 0.3 is 5.97 Å². The second-order valence-corrected chi connectivity index (χ2v) is 5.02. The summed E-state index contributed by atoms with van der Waals surface area (Å²) in [6.45, 7) is 4.86. The maximum absolute atomic E-state index is 11.8. The standard InChI is InChI=1S/C14H22N4O2/c1-2-20-14(19)12-4-3-7-18(10-12)9-11-5-6-13(17-15)16-8-11/h5-6,8,12H,2-4,7,9-10,15H2,1H3,(H,16,17). The Morgan fingerprint density at radius 3 is 3.10 bits per heavy atom. The molecule has 1 aromatic rings. The third-order valence-corrected chi connectivity index (χ3v) is 3.50. The second-order valence-electron chi connectivity index (χ2n) is 5.02. The van der Waals surface area contributed by atoms with Gasteiger partial charge in [-0.2, -0.15) is 0 Å². The summed E-state index contributed by atoms with van der Waals surface area (Å²) < 4.78 is 5.11. The number of pyridine rings is 1. The normalized spacial score (nSPS) is 19.6. The predicted molar refractivity (Wildman–Crippen MR) is 76.7 cm³/mol. The van der Waals surface area contributed by atoms with Gasteiger partial charge in [0.15, 0.2) is 0 Å². The zero-order valence-electron chi connectivity index (χ0n) is 11.8. The number of ether oxygens (including phenoxy) is 1. The van der Waals surface area contributed by atoms with E-state index < -0.39 is 0 Å². The van der Waals surface area contributed by atoms with Crippen LogP contribution in [0.15, 0.2) is 18.3 Å². The van der Waals surface area contributed by atoms with Crippen LogP contribution in [0.5, 0.6) is 0 Å². The molecule has 1 aliphatic rings. The molecule has 1 aliphatic heterocycles. The first-order valence-corrected chi connectivity index (χ1v) is 7.03. The van der Waals surface area contributed by atoms with E-state index in [9.17, 15) is 4.79 Å². The molecule has 0 saturated carbocycles. The third kappa shape index (κ3) is 3.91. The van der Waals surface area contributed by atoms with Crippen LogP contribution in [0.1, 0.15) is 25.3 Å². The number of hydrogen-bond acceptors (Lipinski definition) is 6. The van der Waals surface area contributed by atoms with Gasteiger partial charge in [-0.3, -0.25) is 9.69 Å². The summed E-state index contributed by atoms with van der Waals surface area (Å²) in [6.07, 6.45) is 3.76. The molecule has 0 amide bonds. The van der Waals surface area contributed by atoms with E-state index >= 15 is 0 Å². The number of aromatic nitrogens is 1. The number of nitrogens with zero attached hydrogens (tertiary/aromatic N) is 2. The van der Waals surface area contributed by atoms with Crippen LogP contribution in [-0.2, 0) is 16.1 Å². The number of nitrogens with one attached hydrogen (secondary N) is 1. The Kier molecular flexibility index (Phi) is 5.31. The van der Waals surface area contributed by atoms with Crippen molar-refractivity contribution in [3.63, 3.8) is 0 Å². The number of nitrogens with two attached hydrogens (primary N) is 1. The molecule has 6 heteroatoms. The van der Waals surface area contributed by atoms with Crippen molar-refractivity contribution < 1.29 is 9.53 Å². The van der Waals surface area contributed by atoms with Crippen molar-refractivity contribution in [3.8, 4) is 0 Å². The van der Waals surface area contributed by atoms with Crippen LogP contribution >= 0.6 is 0 Å². The lowest BCUT2D eigenvalue weighted by molar-refractivity contribution is -0.150. The minimum Gasteiger partial charge on any atom is -0.466 e. The molecule has 1 aromatic heterocycles. The monoisotopic (exact) mass is 278 g/mol. The van der Waals surface area contributed by atoms with Gasteiger partial charge in [-0.1, -0.05) is 6.07 Å². The van der Waals surface area contributed by atoms with E-state index in [4.69, 9.17) is 10.6 Å². The molecular weight excluding hydrogens is 256 g/mol. The predicted octanol–water partition coefficient (Wildman–Crippen LogP) is 1.14. The maximum Gasteiger partial charge on any atom is 0.310 e. The molecule has 2 rings (SSSR count). The fraction of sp³-hybridized carbons (Fsp3) is 0.571. The van der Waals surface area contributed by atoms with Crippen molar-refractivity contribution in [2.24, 2.45) is 11.8 Å². The molecule has 6 nitrogen and oxygen atoms in total. The number of hydrazine groups is 1. The zero-order chi connectivity index (χ0) is 14.4. The highest BCUT2D eigenvalue weighted by atomic mass is 16.5. The van der Waals surface area contributed by atoms with Gasteiger partial charge in [-0.05, 0) is 37.9 Å². The molecule has 0 radical (unpaired) electrons. The minimum absolute atomic E-state index is 0.00152. The van der Waals surface area contributed by atoms with Crippen molar-refractivity contribution in [2.75, 3.05) is 25.1 Å². The van der Waals surface area contributed by atoms with Crippen molar-refractivity contribution >= 4 is 11.8 Å². The molecule has 1 atom stereocenters. The maximum atomic E-state index is 11.8. The van der Waals surface area contributed by atoms with Gasteiger partial charge in [-0.15, -0.1) is 0 Å². The van der Waals surface area contributed by atoms with Crippen LogP contribution in [0.3, 0.4) is 0 Å². The van der Waals surface area contributed by atoms with E-state index in [1.54, 1.807) is 0 Å². The van der Waals surface area contributed by atoms with Crippen molar-refractivity contribution in [3.05, 3.63) is 23.9 Å². The van der Waals surface area contributed by atoms with Crippen molar-refractivity contribution in [1.82, 2.24) is 9.88 Å². The van der Waals surface area contributed by atoms with E-state index in [-0.39, 0.29) is 11.9 Å². The molecule has 0 bridgehead atoms. The molecular formula is C14H22N4O2. The highest BCUT2D eigenvalue weighted by Crippen LogP contribution is 2.19. The molecule has 0 aromatic carbocycles. The van der Waals surface area contributed by atoms with E-state index in [0.717, 1.165) is 38.0 Å². The first-order chi connectivity index (χ1) is 9.72. The fourth-order valence-corrected chi connectivity index (χ4v) is 2.51. The Morgan fingerprint density at radius 1 is 1.60 bits per heavy atom. The number of carbonyl (C=O) groups is 1. The van der Waals surface area contributed by atoms with Gasteiger partial charge in [0.05, 0.1) is 12.5 Å².